The fraction of sp³-hybridized carbons (Fsp3) is 0.600. The lowest BCUT2D eigenvalue weighted by Crippen LogP contribution is -2.46. The molecule has 1 aromatic heterocycles. The zero-order valence-electron chi connectivity index (χ0n) is 12.4. The van der Waals surface area contributed by atoms with E-state index in [-0.39, 0.29) is 36.8 Å². The Hall–Kier alpha value is -0.840. The van der Waals surface area contributed by atoms with E-state index in [4.69, 9.17) is 5.73 Å². The van der Waals surface area contributed by atoms with Crippen LogP contribution in [-0.2, 0) is 0 Å². The molecule has 1 aliphatic carbocycles. The molecule has 1 aromatic rings. The van der Waals surface area contributed by atoms with Crippen LogP contribution in [0.25, 0.3) is 0 Å². The first-order valence-electron chi connectivity index (χ1n) is 7.15. The SMILES string of the molecule is Cc1cccnc1C(=O)NC(CN)C1CCCCC1.Cl.Cl. The second-order valence-corrected chi connectivity index (χ2v) is 5.38. The summed E-state index contributed by atoms with van der Waals surface area (Å²) in [6.07, 6.45) is 7.80. The molecule has 6 heteroatoms. The molecule has 1 heterocycles. The van der Waals surface area contributed by atoms with E-state index in [0.29, 0.717) is 18.2 Å². The summed E-state index contributed by atoms with van der Waals surface area (Å²) >= 11 is 0. The number of halogens is 2. The van der Waals surface area contributed by atoms with Gasteiger partial charge in [0.05, 0.1) is 0 Å². The fourth-order valence-corrected chi connectivity index (χ4v) is 2.87. The largest absolute Gasteiger partial charge is 0.346 e. The molecule has 0 saturated heterocycles. The Balaban J connectivity index is 0.00000200. The maximum Gasteiger partial charge on any atom is 0.270 e. The topological polar surface area (TPSA) is 68.0 Å². The van der Waals surface area contributed by atoms with Crippen molar-refractivity contribution in [2.75, 3.05) is 6.54 Å². The first-order valence-corrected chi connectivity index (χ1v) is 7.15. The number of carbonyl (C=O) groups excluding carboxylic acids is 1. The van der Waals surface area contributed by atoms with Crippen molar-refractivity contribution in [3.05, 3.63) is 29.6 Å². The maximum atomic E-state index is 12.2. The van der Waals surface area contributed by atoms with Crippen LogP contribution in [0.5, 0.6) is 0 Å². The Morgan fingerprint density at radius 1 is 1.38 bits per heavy atom. The van der Waals surface area contributed by atoms with Crippen molar-refractivity contribution in [3.63, 3.8) is 0 Å². The van der Waals surface area contributed by atoms with Gasteiger partial charge < -0.3 is 11.1 Å². The molecule has 1 saturated carbocycles. The van der Waals surface area contributed by atoms with Crippen LogP contribution in [0.4, 0.5) is 0 Å². The van der Waals surface area contributed by atoms with Crippen molar-refractivity contribution >= 4 is 30.7 Å². The minimum Gasteiger partial charge on any atom is -0.346 e. The Bertz CT molecular complexity index is 437. The summed E-state index contributed by atoms with van der Waals surface area (Å²) < 4.78 is 0. The third-order valence-electron chi connectivity index (χ3n) is 4.01. The van der Waals surface area contributed by atoms with Gasteiger partial charge in [-0.15, -0.1) is 24.8 Å². The smallest absolute Gasteiger partial charge is 0.270 e. The van der Waals surface area contributed by atoms with Crippen LogP contribution in [0.3, 0.4) is 0 Å². The van der Waals surface area contributed by atoms with Gasteiger partial charge in [0.2, 0.25) is 0 Å². The normalized spacial score (nSPS) is 16.3. The van der Waals surface area contributed by atoms with E-state index in [1.807, 2.05) is 19.1 Å². The van der Waals surface area contributed by atoms with Crippen molar-refractivity contribution in [2.24, 2.45) is 11.7 Å². The molecule has 0 spiro atoms. The first kappa shape index (κ1) is 20.2. The number of aromatic nitrogens is 1. The van der Waals surface area contributed by atoms with Gasteiger partial charge >= 0.3 is 0 Å². The van der Waals surface area contributed by atoms with Crippen LogP contribution in [0.15, 0.2) is 18.3 Å². The number of nitrogens with zero attached hydrogens (tertiary/aromatic N) is 1. The van der Waals surface area contributed by atoms with Gasteiger partial charge in [-0.25, -0.2) is 0 Å². The molecular weight excluding hydrogens is 309 g/mol. The number of rotatable bonds is 4. The standard InChI is InChI=1S/C15H23N3O.2ClH/c1-11-6-5-9-17-14(11)15(19)18-13(10-16)12-7-3-2-4-8-12;;/h5-6,9,12-13H,2-4,7-8,10,16H2,1H3,(H,18,19);2*1H. The number of hydrogen-bond donors (Lipinski definition) is 2. The third-order valence-corrected chi connectivity index (χ3v) is 4.01. The minimum atomic E-state index is -0.0980. The van der Waals surface area contributed by atoms with Gasteiger partial charge in [-0.1, -0.05) is 25.3 Å². The number of amides is 1. The fourth-order valence-electron chi connectivity index (χ4n) is 2.87. The summed E-state index contributed by atoms with van der Waals surface area (Å²) in [6, 6.07) is 3.82. The molecule has 120 valence electrons. The van der Waals surface area contributed by atoms with E-state index in [9.17, 15) is 4.79 Å². The first-order chi connectivity index (χ1) is 9.22. The highest BCUT2D eigenvalue weighted by Crippen LogP contribution is 2.26. The van der Waals surface area contributed by atoms with E-state index < -0.39 is 0 Å². The summed E-state index contributed by atoms with van der Waals surface area (Å²) in [5, 5.41) is 3.07. The van der Waals surface area contributed by atoms with Crippen LogP contribution in [-0.4, -0.2) is 23.5 Å². The molecular formula is C15H25Cl2N3O. The Labute approximate surface area is 139 Å². The molecule has 1 unspecified atom stereocenters. The van der Waals surface area contributed by atoms with E-state index >= 15 is 0 Å². The van der Waals surface area contributed by atoms with Crippen LogP contribution < -0.4 is 11.1 Å². The molecule has 3 N–H and O–H groups in total. The quantitative estimate of drug-likeness (QED) is 0.890. The number of carbonyl (C=O) groups is 1. The Kier molecular flexibility index (Phi) is 9.58. The van der Waals surface area contributed by atoms with Gasteiger partial charge in [0.15, 0.2) is 0 Å². The highest BCUT2D eigenvalue weighted by atomic mass is 35.5. The van der Waals surface area contributed by atoms with Gasteiger partial charge in [-0.2, -0.15) is 0 Å². The van der Waals surface area contributed by atoms with Crippen LogP contribution >= 0.6 is 24.8 Å². The molecule has 2 rings (SSSR count). The number of pyridine rings is 1. The van der Waals surface area contributed by atoms with E-state index in [1.165, 1.54) is 32.1 Å². The van der Waals surface area contributed by atoms with Gasteiger partial charge in [-0.05, 0) is 37.3 Å². The second kappa shape index (κ2) is 9.98. The highest BCUT2D eigenvalue weighted by Gasteiger charge is 2.25. The van der Waals surface area contributed by atoms with E-state index in [2.05, 4.69) is 10.3 Å². The average molecular weight is 334 g/mol. The van der Waals surface area contributed by atoms with Crippen molar-refractivity contribution in [1.29, 1.82) is 0 Å². The highest BCUT2D eigenvalue weighted by molar-refractivity contribution is 5.93. The zero-order valence-corrected chi connectivity index (χ0v) is 14.0. The lowest BCUT2D eigenvalue weighted by molar-refractivity contribution is 0.0910. The molecule has 1 amide bonds. The van der Waals surface area contributed by atoms with Gasteiger partial charge in [0, 0.05) is 18.8 Å². The number of nitrogens with two attached hydrogens (primary N) is 1. The van der Waals surface area contributed by atoms with Gasteiger partial charge in [0.25, 0.3) is 5.91 Å². The maximum absolute atomic E-state index is 12.2. The number of aryl methyl sites for hydroxylation is 1. The summed E-state index contributed by atoms with van der Waals surface area (Å²) in [4.78, 5) is 16.4. The minimum absolute atomic E-state index is 0. The van der Waals surface area contributed by atoms with Crippen molar-refractivity contribution in [3.8, 4) is 0 Å². The van der Waals surface area contributed by atoms with Crippen molar-refractivity contribution < 1.29 is 4.79 Å². The summed E-state index contributed by atoms with van der Waals surface area (Å²) in [5.74, 6) is 0.422. The summed E-state index contributed by atoms with van der Waals surface area (Å²) in [7, 11) is 0. The predicted octanol–water partition coefficient (Wildman–Crippen LogP) is 2.87. The Morgan fingerprint density at radius 2 is 2.05 bits per heavy atom. The Morgan fingerprint density at radius 3 is 2.62 bits per heavy atom. The molecule has 1 aliphatic rings. The number of nitrogens with one attached hydrogen (secondary N) is 1. The lowest BCUT2D eigenvalue weighted by atomic mass is 9.84. The lowest BCUT2D eigenvalue weighted by Gasteiger charge is -2.30. The molecule has 1 fully saturated rings. The molecule has 0 radical (unpaired) electrons. The van der Waals surface area contributed by atoms with E-state index in [0.717, 1.165) is 5.56 Å². The molecule has 1 atom stereocenters. The predicted molar refractivity (Wildman–Crippen MR) is 90.4 cm³/mol. The average Bonchev–Trinajstić information content (AvgIpc) is 2.46. The van der Waals surface area contributed by atoms with Gasteiger partial charge in [0.1, 0.15) is 5.69 Å². The zero-order chi connectivity index (χ0) is 13.7. The number of hydrogen-bond acceptors (Lipinski definition) is 3. The van der Waals surface area contributed by atoms with Crippen molar-refractivity contribution in [1.82, 2.24) is 10.3 Å². The summed E-state index contributed by atoms with van der Waals surface area (Å²) in [5.41, 5.74) is 7.25. The van der Waals surface area contributed by atoms with Gasteiger partial charge in [-0.3, -0.25) is 9.78 Å². The molecule has 0 aromatic carbocycles. The molecule has 21 heavy (non-hydrogen) atoms. The van der Waals surface area contributed by atoms with Crippen LogP contribution in [0, 0.1) is 12.8 Å². The van der Waals surface area contributed by atoms with Crippen LogP contribution in [0.2, 0.25) is 0 Å². The second-order valence-electron chi connectivity index (χ2n) is 5.38. The van der Waals surface area contributed by atoms with Crippen LogP contribution in [0.1, 0.15) is 48.2 Å². The monoisotopic (exact) mass is 333 g/mol. The summed E-state index contributed by atoms with van der Waals surface area (Å²) in [6.45, 7) is 2.41. The molecule has 0 aliphatic heterocycles. The molecule has 0 bridgehead atoms. The van der Waals surface area contributed by atoms with Crippen molar-refractivity contribution in [2.45, 2.75) is 45.1 Å². The van der Waals surface area contributed by atoms with E-state index in [1.54, 1.807) is 6.20 Å². The third kappa shape index (κ3) is 5.46. The molecule has 4 nitrogen and oxygen atoms in total.